The third kappa shape index (κ3) is 6.41. The topological polar surface area (TPSA) is 86.8 Å². The zero-order valence-electron chi connectivity index (χ0n) is 19.9. The number of para-hydroxylation sites is 1. The summed E-state index contributed by atoms with van der Waals surface area (Å²) in [6.45, 7) is 1.20. The normalized spacial score (nSPS) is 12.0. The van der Waals surface area contributed by atoms with E-state index in [0.29, 0.717) is 17.0 Å². The molecule has 0 aromatic heterocycles. The predicted molar refractivity (Wildman–Crippen MR) is 138 cm³/mol. The minimum Gasteiger partial charge on any atom is -0.357 e. The largest absolute Gasteiger partial charge is 0.357 e. The Morgan fingerprint density at radius 2 is 1.58 bits per heavy atom. The van der Waals surface area contributed by atoms with E-state index < -0.39 is 34.3 Å². The summed E-state index contributed by atoms with van der Waals surface area (Å²) in [5, 5.41) is 2.93. The van der Waals surface area contributed by atoms with Crippen LogP contribution in [0, 0.1) is 5.82 Å². The fraction of sp³-hybridized carbons (Fsp3) is 0.231. The van der Waals surface area contributed by atoms with Gasteiger partial charge < -0.3 is 10.2 Å². The Balaban J connectivity index is 2.02. The van der Waals surface area contributed by atoms with Gasteiger partial charge in [0.25, 0.3) is 10.0 Å². The van der Waals surface area contributed by atoms with Crippen LogP contribution in [0.4, 0.5) is 10.1 Å². The van der Waals surface area contributed by atoms with Crippen molar-refractivity contribution in [2.75, 3.05) is 17.9 Å². The fourth-order valence-corrected chi connectivity index (χ4v) is 5.27. The minimum atomic E-state index is -4.16. The molecule has 3 rings (SSSR count). The number of likely N-dealkylation sites (N-methyl/N-ethyl adjacent to an activating group) is 1. The number of rotatable bonds is 10. The van der Waals surface area contributed by atoms with Crippen molar-refractivity contribution in [2.45, 2.75) is 30.8 Å². The molecule has 0 spiro atoms. The van der Waals surface area contributed by atoms with Crippen molar-refractivity contribution in [2.24, 2.45) is 0 Å². The van der Waals surface area contributed by atoms with Gasteiger partial charge in [0.2, 0.25) is 11.8 Å². The first-order valence-corrected chi connectivity index (χ1v) is 13.1. The molecule has 0 saturated carbocycles. The van der Waals surface area contributed by atoms with Gasteiger partial charge in [-0.15, -0.1) is 0 Å². The molecule has 0 saturated heterocycles. The molecule has 0 aliphatic carbocycles. The molecule has 0 aliphatic heterocycles. The summed E-state index contributed by atoms with van der Waals surface area (Å²) < 4.78 is 41.7. The van der Waals surface area contributed by atoms with Crippen LogP contribution in [0.1, 0.15) is 18.9 Å². The monoisotopic (exact) mass is 531 g/mol. The van der Waals surface area contributed by atoms with Gasteiger partial charge in [0.1, 0.15) is 18.4 Å². The van der Waals surface area contributed by atoms with E-state index in [9.17, 15) is 22.4 Å². The minimum absolute atomic E-state index is 0.00530. The SMILES string of the molecule is CC[C@H](C(=O)NC)N(Cc1ccc(F)cc1)C(=O)CN(c1ccccc1)S(=O)(=O)c1ccc(Cl)cc1. The second-order valence-corrected chi connectivity index (χ2v) is 10.3. The van der Waals surface area contributed by atoms with Crippen molar-refractivity contribution in [3.8, 4) is 0 Å². The molecule has 0 heterocycles. The molecule has 190 valence electrons. The highest BCUT2D eigenvalue weighted by atomic mass is 35.5. The van der Waals surface area contributed by atoms with E-state index in [2.05, 4.69) is 5.32 Å². The molecule has 0 aliphatic rings. The van der Waals surface area contributed by atoms with E-state index in [1.807, 2.05) is 0 Å². The summed E-state index contributed by atoms with van der Waals surface area (Å²) in [5.41, 5.74) is 0.884. The number of amides is 2. The lowest BCUT2D eigenvalue weighted by Crippen LogP contribution is -2.51. The lowest BCUT2D eigenvalue weighted by Gasteiger charge is -2.33. The van der Waals surface area contributed by atoms with E-state index >= 15 is 0 Å². The van der Waals surface area contributed by atoms with Crippen LogP contribution in [0.2, 0.25) is 5.02 Å². The van der Waals surface area contributed by atoms with E-state index in [1.165, 1.54) is 60.5 Å². The first kappa shape index (κ1) is 27.2. The number of hydrogen-bond acceptors (Lipinski definition) is 4. The first-order chi connectivity index (χ1) is 17.2. The van der Waals surface area contributed by atoms with Crippen molar-refractivity contribution >= 4 is 39.1 Å². The van der Waals surface area contributed by atoms with Gasteiger partial charge in [-0.3, -0.25) is 13.9 Å². The van der Waals surface area contributed by atoms with Crippen LogP contribution in [-0.4, -0.2) is 44.8 Å². The predicted octanol–water partition coefficient (Wildman–Crippen LogP) is 4.23. The molecular weight excluding hydrogens is 505 g/mol. The number of nitrogens with one attached hydrogen (secondary N) is 1. The Labute approximate surface area is 215 Å². The smallest absolute Gasteiger partial charge is 0.264 e. The van der Waals surface area contributed by atoms with Crippen molar-refractivity contribution in [1.29, 1.82) is 0 Å². The van der Waals surface area contributed by atoms with Gasteiger partial charge in [-0.2, -0.15) is 0 Å². The van der Waals surface area contributed by atoms with Crippen LogP contribution in [-0.2, 0) is 26.2 Å². The first-order valence-electron chi connectivity index (χ1n) is 11.3. The molecular formula is C26H27ClFN3O4S. The molecule has 3 aromatic rings. The number of carbonyl (C=O) groups excluding carboxylic acids is 2. The van der Waals surface area contributed by atoms with Gasteiger partial charge in [-0.05, 0) is 60.5 Å². The van der Waals surface area contributed by atoms with E-state index in [-0.39, 0.29) is 23.0 Å². The van der Waals surface area contributed by atoms with Gasteiger partial charge in [-0.1, -0.05) is 48.9 Å². The fourth-order valence-electron chi connectivity index (χ4n) is 3.73. The Morgan fingerprint density at radius 3 is 2.14 bits per heavy atom. The van der Waals surface area contributed by atoms with E-state index in [1.54, 1.807) is 37.3 Å². The third-order valence-electron chi connectivity index (χ3n) is 5.62. The summed E-state index contributed by atoms with van der Waals surface area (Å²) in [4.78, 5) is 27.6. The number of benzene rings is 3. The molecule has 1 N–H and O–H groups in total. The van der Waals surface area contributed by atoms with Crippen LogP contribution >= 0.6 is 11.6 Å². The summed E-state index contributed by atoms with van der Waals surface area (Å²) in [6.07, 6.45) is 0.294. The third-order valence-corrected chi connectivity index (χ3v) is 7.66. The van der Waals surface area contributed by atoms with Crippen LogP contribution in [0.3, 0.4) is 0 Å². The Bertz CT molecular complexity index is 1290. The lowest BCUT2D eigenvalue weighted by molar-refractivity contribution is -0.140. The standard InChI is InChI=1S/C26H27ClFN3O4S/c1-3-24(26(33)29-2)30(17-19-9-13-21(28)14-10-19)25(32)18-31(22-7-5-4-6-8-22)36(34,35)23-15-11-20(27)12-16-23/h4-16,24H,3,17-18H2,1-2H3,(H,29,33)/t24-/m1/s1. The van der Waals surface area contributed by atoms with Crippen LogP contribution in [0.25, 0.3) is 0 Å². The quantitative estimate of drug-likeness (QED) is 0.424. The maximum absolute atomic E-state index is 13.7. The molecule has 0 unspecified atom stereocenters. The molecule has 10 heteroatoms. The zero-order chi connectivity index (χ0) is 26.3. The summed E-state index contributed by atoms with van der Waals surface area (Å²) >= 11 is 5.93. The van der Waals surface area contributed by atoms with Crippen molar-refractivity contribution in [3.63, 3.8) is 0 Å². The van der Waals surface area contributed by atoms with Gasteiger partial charge in [0.05, 0.1) is 10.6 Å². The van der Waals surface area contributed by atoms with Crippen molar-refractivity contribution < 1.29 is 22.4 Å². The average molecular weight is 532 g/mol. The molecule has 0 bridgehead atoms. The van der Waals surface area contributed by atoms with Gasteiger partial charge in [0, 0.05) is 18.6 Å². The highest BCUT2D eigenvalue weighted by Crippen LogP contribution is 2.25. The molecule has 1 atom stereocenters. The van der Waals surface area contributed by atoms with Crippen molar-refractivity contribution in [1.82, 2.24) is 10.2 Å². The van der Waals surface area contributed by atoms with Crippen LogP contribution in [0.15, 0.2) is 83.8 Å². The summed E-state index contributed by atoms with van der Waals surface area (Å²) in [5.74, 6) is -1.41. The molecule has 0 fully saturated rings. The van der Waals surface area contributed by atoms with E-state index in [4.69, 9.17) is 11.6 Å². The van der Waals surface area contributed by atoms with Gasteiger partial charge in [-0.25, -0.2) is 12.8 Å². The second-order valence-electron chi connectivity index (χ2n) is 7.99. The van der Waals surface area contributed by atoms with Gasteiger partial charge in [0.15, 0.2) is 0 Å². The molecule has 0 radical (unpaired) electrons. The van der Waals surface area contributed by atoms with Crippen LogP contribution < -0.4 is 9.62 Å². The Kier molecular flexibility index (Phi) is 9.06. The Hall–Kier alpha value is -3.43. The highest BCUT2D eigenvalue weighted by molar-refractivity contribution is 7.92. The maximum Gasteiger partial charge on any atom is 0.264 e. The second kappa shape index (κ2) is 12.0. The van der Waals surface area contributed by atoms with E-state index in [0.717, 1.165) is 4.31 Å². The molecule has 3 aromatic carbocycles. The number of sulfonamides is 1. The number of halogens is 2. The maximum atomic E-state index is 13.7. The Morgan fingerprint density at radius 1 is 0.972 bits per heavy atom. The average Bonchev–Trinajstić information content (AvgIpc) is 2.88. The summed E-state index contributed by atoms with van der Waals surface area (Å²) in [6, 6.07) is 18.6. The highest BCUT2D eigenvalue weighted by Gasteiger charge is 2.33. The molecule has 7 nitrogen and oxygen atoms in total. The van der Waals surface area contributed by atoms with Crippen molar-refractivity contribution in [3.05, 3.63) is 95.3 Å². The number of hydrogen-bond donors (Lipinski definition) is 1. The number of carbonyl (C=O) groups is 2. The van der Waals surface area contributed by atoms with Gasteiger partial charge >= 0.3 is 0 Å². The van der Waals surface area contributed by atoms with Crippen LogP contribution in [0.5, 0.6) is 0 Å². The lowest BCUT2D eigenvalue weighted by atomic mass is 10.1. The number of anilines is 1. The molecule has 36 heavy (non-hydrogen) atoms. The number of nitrogens with zero attached hydrogens (tertiary/aromatic N) is 2. The zero-order valence-corrected chi connectivity index (χ0v) is 21.5. The summed E-state index contributed by atoms with van der Waals surface area (Å²) in [7, 11) is -2.69. The molecule has 2 amide bonds.